The van der Waals surface area contributed by atoms with E-state index in [1.165, 1.54) is 0 Å². The molecule has 0 bridgehead atoms. The molecule has 0 aromatic heterocycles. The molecule has 0 radical (unpaired) electrons. The fourth-order valence-electron chi connectivity index (χ4n) is 1.77. The van der Waals surface area contributed by atoms with Gasteiger partial charge in [-0.3, -0.25) is 0 Å². The first-order chi connectivity index (χ1) is 6.81. The van der Waals surface area contributed by atoms with E-state index < -0.39 is 28.0 Å². The lowest BCUT2D eigenvalue weighted by Gasteiger charge is -2.46. The van der Waals surface area contributed by atoms with Gasteiger partial charge >= 0.3 is 0 Å². The molecule has 0 N–H and O–H groups in total. The molecular weight excluding hydrogens is 236 g/mol. The normalized spacial score (nSPS) is 19.0. The zero-order valence-corrected chi connectivity index (χ0v) is 13.8. The first kappa shape index (κ1) is 15.9. The Balaban J connectivity index is 5.21. The van der Waals surface area contributed by atoms with Crippen molar-refractivity contribution in [1.29, 1.82) is 0 Å². The smallest absolute Gasteiger partial charge is 0.185 e. The van der Waals surface area contributed by atoms with E-state index in [-0.39, 0.29) is 5.54 Å². The van der Waals surface area contributed by atoms with Gasteiger partial charge in [0.05, 0.1) is 19.6 Å². The Morgan fingerprint density at radius 3 is 1.75 bits per heavy atom. The van der Waals surface area contributed by atoms with Crippen molar-refractivity contribution in [2.45, 2.75) is 64.3 Å². The molecule has 0 amide bonds. The van der Waals surface area contributed by atoms with Crippen molar-refractivity contribution >= 4 is 22.4 Å². The van der Waals surface area contributed by atoms with Crippen molar-refractivity contribution in [2.24, 2.45) is 0 Å². The monoisotopic (exact) mass is 261 g/mol. The zero-order valence-electron chi connectivity index (χ0n) is 11.8. The lowest BCUT2D eigenvalue weighted by molar-refractivity contribution is -0.322. The highest BCUT2D eigenvalue weighted by Crippen LogP contribution is 2.37. The first-order valence-corrected chi connectivity index (χ1v) is 12.7. The Morgan fingerprint density at radius 1 is 1.19 bits per heavy atom. The molecule has 3 nitrogen and oxygen atoms in total. The molecule has 2 unspecified atom stereocenters. The van der Waals surface area contributed by atoms with Crippen molar-refractivity contribution in [3.8, 4) is 0 Å². The number of carboxylic acid groups (broad SMARTS) is 1. The minimum atomic E-state index is -1.90. The number of carbonyl (C=O) groups excluding carboxylic acids is 1. The summed E-state index contributed by atoms with van der Waals surface area (Å²) >= 11 is 0. The molecule has 0 aromatic carbocycles. The van der Waals surface area contributed by atoms with Crippen LogP contribution in [0.25, 0.3) is 0 Å². The van der Waals surface area contributed by atoms with Crippen LogP contribution in [0.3, 0.4) is 0 Å². The van der Waals surface area contributed by atoms with Gasteiger partial charge in [0.2, 0.25) is 0 Å². The molecule has 0 rings (SSSR count). The van der Waals surface area contributed by atoms with Gasteiger partial charge in [0.25, 0.3) is 0 Å². The molecular formula is C11H25O3Si2-. The predicted molar refractivity (Wildman–Crippen MR) is 70.6 cm³/mol. The highest BCUT2D eigenvalue weighted by molar-refractivity contribution is 6.78. The quantitative estimate of drug-likeness (QED) is 0.712. The largest absolute Gasteiger partial charge is 0.547 e. The SMILES string of the molecule is CC(C(C)(O[Si](C)(C)C)C(=O)[O-])[Si](C)(C)C. The van der Waals surface area contributed by atoms with Gasteiger partial charge in [0.1, 0.15) is 0 Å². The summed E-state index contributed by atoms with van der Waals surface area (Å²) in [7, 11) is -3.48. The van der Waals surface area contributed by atoms with Crippen LogP contribution in [-0.4, -0.2) is 28.0 Å². The summed E-state index contributed by atoms with van der Waals surface area (Å²) in [6, 6.07) is 0. The Kier molecular flexibility index (Phi) is 4.58. The molecule has 96 valence electrons. The maximum absolute atomic E-state index is 11.4. The number of rotatable bonds is 5. The molecule has 0 saturated heterocycles. The van der Waals surface area contributed by atoms with Crippen LogP contribution in [0.2, 0.25) is 44.8 Å². The molecule has 16 heavy (non-hydrogen) atoms. The van der Waals surface area contributed by atoms with Gasteiger partial charge in [-0.15, -0.1) is 0 Å². The third-order valence-electron chi connectivity index (χ3n) is 3.05. The van der Waals surface area contributed by atoms with Gasteiger partial charge in [-0.1, -0.05) is 26.6 Å². The summed E-state index contributed by atoms with van der Waals surface area (Å²) in [5.41, 5.74) is -1.12. The van der Waals surface area contributed by atoms with Gasteiger partial charge < -0.3 is 14.3 Å². The van der Waals surface area contributed by atoms with E-state index in [1.807, 2.05) is 26.6 Å². The second kappa shape index (κ2) is 4.62. The van der Waals surface area contributed by atoms with Crippen molar-refractivity contribution in [2.75, 3.05) is 0 Å². The molecule has 0 saturated carbocycles. The summed E-state index contributed by atoms with van der Waals surface area (Å²) in [6.07, 6.45) is 0. The fourth-order valence-corrected chi connectivity index (χ4v) is 5.25. The Bertz CT molecular complexity index is 265. The summed E-state index contributed by atoms with van der Waals surface area (Å²) in [5, 5.41) is 11.4. The van der Waals surface area contributed by atoms with E-state index in [0.717, 1.165) is 0 Å². The maximum Gasteiger partial charge on any atom is 0.185 e. The molecule has 5 heteroatoms. The minimum absolute atomic E-state index is 0.0247. The van der Waals surface area contributed by atoms with Crippen LogP contribution in [0.15, 0.2) is 0 Å². The van der Waals surface area contributed by atoms with Crippen molar-refractivity contribution < 1.29 is 14.3 Å². The maximum atomic E-state index is 11.4. The number of carboxylic acids is 1. The highest BCUT2D eigenvalue weighted by atomic mass is 28.4. The average molecular weight is 261 g/mol. The lowest BCUT2D eigenvalue weighted by Crippen LogP contribution is -2.59. The van der Waals surface area contributed by atoms with Crippen molar-refractivity contribution in [1.82, 2.24) is 0 Å². The number of hydrogen-bond donors (Lipinski definition) is 0. The molecule has 0 aliphatic heterocycles. The van der Waals surface area contributed by atoms with Gasteiger partial charge in [0.15, 0.2) is 8.32 Å². The Labute approximate surface area is 101 Å². The van der Waals surface area contributed by atoms with Crippen molar-refractivity contribution in [3.05, 3.63) is 0 Å². The third-order valence-corrected chi connectivity index (χ3v) is 7.23. The van der Waals surface area contributed by atoms with E-state index in [1.54, 1.807) is 6.92 Å². The molecule has 0 spiro atoms. The molecule has 0 aromatic rings. The third kappa shape index (κ3) is 4.03. The number of aliphatic carboxylic acids is 1. The Morgan fingerprint density at radius 2 is 1.56 bits per heavy atom. The highest BCUT2D eigenvalue weighted by Gasteiger charge is 2.43. The van der Waals surface area contributed by atoms with Crippen molar-refractivity contribution in [3.63, 3.8) is 0 Å². The van der Waals surface area contributed by atoms with Crippen LogP contribution >= 0.6 is 0 Å². The lowest BCUT2D eigenvalue weighted by atomic mass is 10.0. The predicted octanol–water partition coefficient (Wildman–Crippen LogP) is 2.07. The van der Waals surface area contributed by atoms with E-state index in [0.29, 0.717) is 0 Å². The van der Waals surface area contributed by atoms with Crippen LogP contribution in [0.5, 0.6) is 0 Å². The van der Waals surface area contributed by atoms with Crippen LogP contribution < -0.4 is 5.11 Å². The zero-order chi connectivity index (χ0) is 13.4. The standard InChI is InChI=1S/C11H26O3Si2/c1-9(15(3,4)5)11(2,10(12)13)14-16(6,7)8/h9H,1-8H3,(H,12,13)/p-1. The summed E-state index contributed by atoms with van der Waals surface area (Å²) in [6.45, 7) is 16.1. The second-order valence-electron chi connectivity index (χ2n) is 6.70. The Hall–Kier alpha value is -0.136. The van der Waals surface area contributed by atoms with Gasteiger partial charge in [-0.2, -0.15) is 0 Å². The average Bonchev–Trinajstić information content (AvgIpc) is 1.97. The summed E-state index contributed by atoms with van der Waals surface area (Å²) < 4.78 is 5.89. The number of carbonyl (C=O) groups is 1. The minimum Gasteiger partial charge on any atom is -0.547 e. The molecule has 0 aliphatic carbocycles. The topological polar surface area (TPSA) is 49.4 Å². The van der Waals surface area contributed by atoms with Crippen LogP contribution in [0, 0.1) is 0 Å². The van der Waals surface area contributed by atoms with E-state index in [2.05, 4.69) is 19.6 Å². The van der Waals surface area contributed by atoms with Crippen LogP contribution in [0.4, 0.5) is 0 Å². The summed E-state index contributed by atoms with van der Waals surface area (Å²) in [5.74, 6) is -1.08. The van der Waals surface area contributed by atoms with E-state index >= 15 is 0 Å². The van der Waals surface area contributed by atoms with E-state index in [9.17, 15) is 9.90 Å². The molecule has 0 heterocycles. The fraction of sp³-hybridized carbons (Fsp3) is 0.909. The summed E-state index contributed by atoms with van der Waals surface area (Å²) in [4.78, 5) is 11.4. The molecule has 0 aliphatic rings. The first-order valence-electron chi connectivity index (χ1n) is 5.72. The van der Waals surface area contributed by atoms with Gasteiger partial charge in [-0.25, -0.2) is 0 Å². The van der Waals surface area contributed by atoms with Crippen LogP contribution in [-0.2, 0) is 9.22 Å². The van der Waals surface area contributed by atoms with Gasteiger partial charge in [-0.05, 0) is 32.1 Å². The molecule has 2 atom stereocenters. The van der Waals surface area contributed by atoms with Gasteiger partial charge in [0, 0.05) is 0 Å². The number of hydrogen-bond acceptors (Lipinski definition) is 3. The second-order valence-corrected chi connectivity index (χ2v) is 16.7. The molecule has 0 fully saturated rings. The van der Waals surface area contributed by atoms with Crippen LogP contribution in [0.1, 0.15) is 13.8 Å². The van der Waals surface area contributed by atoms with E-state index in [4.69, 9.17) is 4.43 Å².